The lowest BCUT2D eigenvalue weighted by molar-refractivity contribution is -0.145. The fourth-order valence-electron chi connectivity index (χ4n) is 3.80. The Balaban J connectivity index is 1.24. The Morgan fingerprint density at radius 3 is 2.39 bits per heavy atom. The molecular formula is C22H25N3O3. The number of carbonyl (C=O) groups is 2. The SMILES string of the molecule is Cc1ccccc1OC1CN(C(=O)C2CCN(C(=O)c3ccccn3)CC2)C1. The first-order valence-electron chi connectivity index (χ1n) is 9.83. The summed E-state index contributed by atoms with van der Waals surface area (Å²) in [5.74, 6) is 1.02. The Labute approximate surface area is 165 Å². The number of pyridine rings is 1. The van der Waals surface area contributed by atoms with Crippen LogP contribution in [0.2, 0.25) is 0 Å². The average molecular weight is 379 g/mol. The highest BCUT2D eigenvalue weighted by atomic mass is 16.5. The van der Waals surface area contributed by atoms with Crippen molar-refractivity contribution in [1.29, 1.82) is 0 Å². The van der Waals surface area contributed by atoms with E-state index in [4.69, 9.17) is 4.74 Å². The first-order valence-corrected chi connectivity index (χ1v) is 9.83. The van der Waals surface area contributed by atoms with E-state index in [-0.39, 0.29) is 23.8 Å². The zero-order valence-corrected chi connectivity index (χ0v) is 16.1. The van der Waals surface area contributed by atoms with Gasteiger partial charge in [-0.05, 0) is 43.5 Å². The molecule has 1 aromatic carbocycles. The van der Waals surface area contributed by atoms with Gasteiger partial charge in [0, 0.05) is 25.2 Å². The molecule has 0 atom stereocenters. The van der Waals surface area contributed by atoms with Crippen molar-refractivity contribution in [2.24, 2.45) is 5.92 Å². The van der Waals surface area contributed by atoms with Crippen LogP contribution in [0.25, 0.3) is 0 Å². The highest BCUT2D eigenvalue weighted by Gasteiger charge is 2.37. The Morgan fingerprint density at radius 1 is 1.00 bits per heavy atom. The van der Waals surface area contributed by atoms with Gasteiger partial charge in [-0.3, -0.25) is 14.6 Å². The molecule has 6 heteroatoms. The third kappa shape index (κ3) is 3.86. The molecule has 0 N–H and O–H groups in total. The second-order valence-electron chi connectivity index (χ2n) is 7.53. The molecule has 2 aliphatic rings. The molecule has 2 aromatic rings. The van der Waals surface area contributed by atoms with E-state index in [0.29, 0.717) is 44.7 Å². The predicted molar refractivity (Wildman–Crippen MR) is 105 cm³/mol. The van der Waals surface area contributed by atoms with E-state index in [1.165, 1.54) is 0 Å². The van der Waals surface area contributed by atoms with E-state index in [2.05, 4.69) is 4.98 Å². The number of hydrogen-bond acceptors (Lipinski definition) is 4. The van der Waals surface area contributed by atoms with Gasteiger partial charge in [-0.2, -0.15) is 0 Å². The van der Waals surface area contributed by atoms with Gasteiger partial charge in [0.1, 0.15) is 17.5 Å². The molecule has 0 saturated carbocycles. The largest absolute Gasteiger partial charge is 0.486 e. The normalized spacial score (nSPS) is 17.9. The van der Waals surface area contributed by atoms with E-state index in [1.54, 1.807) is 23.2 Å². The summed E-state index contributed by atoms with van der Waals surface area (Å²) in [5, 5.41) is 0. The standard InChI is InChI=1S/C22H25N3O3/c1-16-6-2-3-8-20(16)28-18-14-25(15-18)21(26)17-9-12-24(13-10-17)22(27)19-7-4-5-11-23-19/h2-8,11,17-18H,9-10,12-15H2,1H3. The molecule has 3 heterocycles. The van der Waals surface area contributed by atoms with Gasteiger partial charge in [0.05, 0.1) is 13.1 Å². The van der Waals surface area contributed by atoms with Crippen LogP contribution in [0.4, 0.5) is 0 Å². The van der Waals surface area contributed by atoms with Crippen LogP contribution in [-0.2, 0) is 4.79 Å². The average Bonchev–Trinajstić information content (AvgIpc) is 2.71. The van der Waals surface area contributed by atoms with E-state index in [9.17, 15) is 9.59 Å². The van der Waals surface area contributed by atoms with Gasteiger partial charge in [-0.15, -0.1) is 0 Å². The molecule has 0 aliphatic carbocycles. The van der Waals surface area contributed by atoms with E-state index >= 15 is 0 Å². The van der Waals surface area contributed by atoms with Gasteiger partial charge in [0.25, 0.3) is 5.91 Å². The maximum absolute atomic E-state index is 12.7. The highest BCUT2D eigenvalue weighted by molar-refractivity contribution is 5.92. The number of carbonyl (C=O) groups excluding carboxylic acids is 2. The summed E-state index contributed by atoms with van der Waals surface area (Å²) in [6, 6.07) is 13.3. The maximum atomic E-state index is 12.7. The van der Waals surface area contributed by atoms with Gasteiger partial charge in [0.15, 0.2) is 0 Å². The third-order valence-electron chi connectivity index (χ3n) is 5.56. The molecule has 1 aromatic heterocycles. The smallest absolute Gasteiger partial charge is 0.272 e. The van der Waals surface area contributed by atoms with Crippen molar-refractivity contribution < 1.29 is 14.3 Å². The third-order valence-corrected chi connectivity index (χ3v) is 5.56. The van der Waals surface area contributed by atoms with Crippen LogP contribution in [-0.4, -0.2) is 58.9 Å². The Bertz CT molecular complexity index is 841. The van der Waals surface area contributed by atoms with Gasteiger partial charge >= 0.3 is 0 Å². The van der Waals surface area contributed by atoms with Gasteiger partial charge < -0.3 is 14.5 Å². The van der Waals surface area contributed by atoms with Crippen molar-refractivity contribution >= 4 is 11.8 Å². The Hall–Kier alpha value is -2.89. The predicted octanol–water partition coefficient (Wildman–Crippen LogP) is 2.53. The van der Waals surface area contributed by atoms with Gasteiger partial charge in [-0.25, -0.2) is 0 Å². The zero-order valence-electron chi connectivity index (χ0n) is 16.1. The molecular weight excluding hydrogens is 354 g/mol. The number of nitrogens with zero attached hydrogens (tertiary/aromatic N) is 3. The Morgan fingerprint density at radius 2 is 1.71 bits per heavy atom. The summed E-state index contributed by atoms with van der Waals surface area (Å²) in [5.41, 5.74) is 1.57. The number of likely N-dealkylation sites (tertiary alicyclic amines) is 2. The Kier molecular flexibility index (Phi) is 5.28. The number of benzene rings is 1. The second-order valence-corrected chi connectivity index (χ2v) is 7.53. The fourth-order valence-corrected chi connectivity index (χ4v) is 3.80. The number of hydrogen-bond donors (Lipinski definition) is 0. The van der Waals surface area contributed by atoms with Crippen LogP contribution in [0.1, 0.15) is 28.9 Å². The molecule has 0 bridgehead atoms. The van der Waals surface area contributed by atoms with Crippen LogP contribution in [0.3, 0.4) is 0 Å². The number of rotatable bonds is 4. The van der Waals surface area contributed by atoms with E-state index in [0.717, 1.165) is 11.3 Å². The molecule has 4 rings (SSSR count). The molecule has 2 amide bonds. The summed E-state index contributed by atoms with van der Waals surface area (Å²) in [4.78, 5) is 33.0. The van der Waals surface area contributed by atoms with Crippen LogP contribution in [0.15, 0.2) is 48.7 Å². The van der Waals surface area contributed by atoms with Crippen molar-refractivity contribution in [3.05, 3.63) is 59.9 Å². The summed E-state index contributed by atoms with van der Waals surface area (Å²) >= 11 is 0. The maximum Gasteiger partial charge on any atom is 0.272 e. The van der Waals surface area contributed by atoms with Crippen LogP contribution >= 0.6 is 0 Å². The lowest BCUT2D eigenvalue weighted by Gasteiger charge is -2.42. The van der Waals surface area contributed by atoms with Crippen LogP contribution < -0.4 is 4.74 Å². The van der Waals surface area contributed by atoms with E-state index in [1.807, 2.05) is 42.2 Å². The molecule has 146 valence electrons. The molecule has 28 heavy (non-hydrogen) atoms. The van der Waals surface area contributed by atoms with Crippen molar-refractivity contribution in [3.8, 4) is 5.75 Å². The number of aryl methyl sites for hydroxylation is 1. The van der Waals surface area contributed by atoms with Crippen molar-refractivity contribution in [1.82, 2.24) is 14.8 Å². The lowest BCUT2D eigenvalue weighted by Crippen LogP contribution is -2.58. The van der Waals surface area contributed by atoms with Crippen molar-refractivity contribution in [2.75, 3.05) is 26.2 Å². The van der Waals surface area contributed by atoms with Gasteiger partial charge in [-0.1, -0.05) is 24.3 Å². The molecule has 2 fully saturated rings. The lowest BCUT2D eigenvalue weighted by atomic mass is 9.93. The van der Waals surface area contributed by atoms with Crippen LogP contribution in [0.5, 0.6) is 5.75 Å². The number of amides is 2. The topological polar surface area (TPSA) is 62.7 Å². The minimum Gasteiger partial charge on any atom is -0.486 e. The van der Waals surface area contributed by atoms with Gasteiger partial charge in [0.2, 0.25) is 5.91 Å². The minimum atomic E-state index is -0.0536. The molecule has 2 saturated heterocycles. The molecule has 6 nitrogen and oxygen atoms in total. The molecule has 0 unspecified atom stereocenters. The summed E-state index contributed by atoms with van der Waals surface area (Å²) in [6.45, 7) is 4.50. The summed E-state index contributed by atoms with van der Waals surface area (Å²) in [6.07, 6.45) is 3.10. The van der Waals surface area contributed by atoms with Crippen molar-refractivity contribution in [3.63, 3.8) is 0 Å². The van der Waals surface area contributed by atoms with Crippen molar-refractivity contribution in [2.45, 2.75) is 25.9 Å². The second kappa shape index (κ2) is 8.00. The first-order chi connectivity index (χ1) is 13.6. The number of piperidine rings is 1. The first kappa shape index (κ1) is 18.5. The number of para-hydroxylation sites is 1. The quantitative estimate of drug-likeness (QED) is 0.819. The van der Waals surface area contributed by atoms with E-state index < -0.39 is 0 Å². The highest BCUT2D eigenvalue weighted by Crippen LogP contribution is 2.26. The number of aromatic nitrogens is 1. The number of ether oxygens (including phenoxy) is 1. The molecule has 2 aliphatic heterocycles. The summed E-state index contributed by atoms with van der Waals surface area (Å²) in [7, 11) is 0. The molecule has 0 spiro atoms. The zero-order chi connectivity index (χ0) is 19.5. The van der Waals surface area contributed by atoms with Crippen LogP contribution in [0, 0.1) is 12.8 Å². The monoisotopic (exact) mass is 379 g/mol. The fraction of sp³-hybridized carbons (Fsp3) is 0.409. The summed E-state index contributed by atoms with van der Waals surface area (Å²) < 4.78 is 5.99. The minimum absolute atomic E-state index is 0.00723. The molecule has 0 radical (unpaired) electrons.